The standard InChI is InChI=1S/C19H20N4O/c1-3-14-9-8-10-15(4-2)18(14)21-19(24)17-13-20-23(22-17)16-11-6-5-7-12-16/h5-13H,3-4H2,1-2H3,(H,21,24). The van der Waals surface area contributed by atoms with Crippen LogP contribution in [0.25, 0.3) is 5.69 Å². The van der Waals surface area contributed by atoms with Crippen molar-refractivity contribution in [1.82, 2.24) is 15.0 Å². The van der Waals surface area contributed by atoms with Gasteiger partial charge in [-0.2, -0.15) is 9.90 Å². The van der Waals surface area contributed by atoms with E-state index in [0.717, 1.165) is 35.3 Å². The van der Waals surface area contributed by atoms with E-state index in [9.17, 15) is 4.79 Å². The predicted octanol–water partition coefficient (Wildman–Crippen LogP) is 3.64. The molecule has 1 N–H and O–H groups in total. The number of benzene rings is 2. The van der Waals surface area contributed by atoms with Crippen LogP contribution >= 0.6 is 0 Å². The van der Waals surface area contributed by atoms with Crippen molar-refractivity contribution in [2.45, 2.75) is 26.7 Å². The zero-order valence-corrected chi connectivity index (χ0v) is 13.9. The van der Waals surface area contributed by atoms with Crippen LogP contribution in [0, 0.1) is 0 Å². The molecule has 122 valence electrons. The largest absolute Gasteiger partial charge is 0.320 e. The Labute approximate surface area is 141 Å². The van der Waals surface area contributed by atoms with Crippen LogP contribution in [-0.2, 0) is 12.8 Å². The van der Waals surface area contributed by atoms with Crippen molar-refractivity contribution in [1.29, 1.82) is 0 Å². The maximum atomic E-state index is 12.6. The number of hydrogen-bond donors (Lipinski definition) is 1. The van der Waals surface area contributed by atoms with Crippen LogP contribution in [0.15, 0.2) is 54.7 Å². The molecule has 3 aromatic rings. The number of rotatable bonds is 5. The molecule has 0 spiro atoms. The third kappa shape index (κ3) is 3.20. The summed E-state index contributed by atoms with van der Waals surface area (Å²) in [5.74, 6) is -0.243. The second-order valence-electron chi connectivity index (χ2n) is 5.47. The maximum Gasteiger partial charge on any atom is 0.277 e. The van der Waals surface area contributed by atoms with Gasteiger partial charge in [0.05, 0.1) is 11.9 Å². The summed E-state index contributed by atoms with van der Waals surface area (Å²) < 4.78 is 0. The van der Waals surface area contributed by atoms with Crippen molar-refractivity contribution in [2.75, 3.05) is 5.32 Å². The lowest BCUT2D eigenvalue weighted by molar-refractivity contribution is 0.102. The average molecular weight is 320 g/mol. The third-order valence-corrected chi connectivity index (χ3v) is 3.95. The summed E-state index contributed by atoms with van der Waals surface area (Å²) >= 11 is 0. The normalized spacial score (nSPS) is 10.6. The Morgan fingerprint density at radius 2 is 1.67 bits per heavy atom. The molecular weight excluding hydrogens is 300 g/mol. The van der Waals surface area contributed by atoms with Crippen LogP contribution in [-0.4, -0.2) is 20.9 Å². The molecule has 1 aromatic heterocycles. The van der Waals surface area contributed by atoms with Gasteiger partial charge in [0.1, 0.15) is 0 Å². The molecule has 0 radical (unpaired) electrons. The van der Waals surface area contributed by atoms with E-state index in [-0.39, 0.29) is 5.91 Å². The number of para-hydroxylation sites is 2. The maximum absolute atomic E-state index is 12.6. The highest BCUT2D eigenvalue weighted by molar-refractivity contribution is 6.03. The van der Waals surface area contributed by atoms with Crippen molar-refractivity contribution in [3.05, 3.63) is 71.5 Å². The molecule has 5 heteroatoms. The van der Waals surface area contributed by atoms with Crippen LogP contribution in [0.5, 0.6) is 0 Å². The summed E-state index contributed by atoms with van der Waals surface area (Å²) in [7, 11) is 0. The molecule has 1 amide bonds. The molecule has 1 heterocycles. The third-order valence-electron chi connectivity index (χ3n) is 3.95. The smallest absolute Gasteiger partial charge is 0.277 e. The molecule has 0 aliphatic rings. The summed E-state index contributed by atoms with van der Waals surface area (Å²) in [5.41, 5.74) is 4.25. The fourth-order valence-corrected chi connectivity index (χ4v) is 2.63. The van der Waals surface area contributed by atoms with Gasteiger partial charge in [-0.15, -0.1) is 5.10 Å². The minimum Gasteiger partial charge on any atom is -0.320 e. The van der Waals surface area contributed by atoms with Gasteiger partial charge in [-0.05, 0) is 36.1 Å². The average Bonchev–Trinajstić information content (AvgIpc) is 3.13. The van der Waals surface area contributed by atoms with Crippen molar-refractivity contribution in [2.24, 2.45) is 0 Å². The van der Waals surface area contributed by atoms with Gasteiger partial charge in [0.25, 0.3) is 5.91 Å². The van der Waals surface area contributed by atoms with E-state index in [2.05, 4.69) is 29.4 Å². The summed E-state index contributed by atoms with van der Waals surface area (Å²) in [6.07, 6.45) is 3.21. The molecule has 2 aromatic carbocycles. The fourth-order valence-electron chi connectivity index (χ4n) is 2.63. The lowest BCUT2D eigenvalue weighted by atomic mass is 10.0. The van der Waals surface area contributed by atoms with Crippen molar-refractivity contribution in [3.8, 4) is 5.69 Å². The number of aromatic nitrogens is 3. The van der Waals surface area contributed by atoms with Crippen molar-refractivity contribution >= 4 is 11.6 Å². The Hall–Kier alpha value is -2.95. The van der Waals surface area contributed by atoms with Crippen molar-refractivity contribution < 1.29 is 4.79 Å². The molecule has 0 aliphatic carbocycles. The molecule has 0 saturated carbocycles. The lowest BCUT2D eigenvalue weighted by Crippen LogP contribution is -2.16. The first-order valence-electron chi connectivity index (χ1n) is 8.12. The Kier molecular flexibility index (Phi) is 4.70. The number of anilines is 1. The van der Waals surface area contributed by atoms with Gasteiger partial charge in [-0.1, -0.05) is 50.2 Å². The van der Waals surface area contributed by atoms with Crippen LogP contribution in [0.2, 0.25) is 0 Å². The van der Waals surface area contributed by atoms with Gasteiger partial charge in [-0.25, -0.2) is 0 Å². The minimum absolute atomic E-state index is 0.243. The molecule has 0 aliphatic heterocycles. The molecule has 0 unspecified atom stereocenters. The summed E-state index contributed by atoms with van der Waals surface area (Å²) in [5, 5.41) is 11.5. The molecule has 0 saturated heterocycles. The SMILES string of the molecule is CCc1cccc(CC)c1NC(=O)c1cnn(-c2ccccc2)n1. The summed E-state index contributed by atoms with van der Waals surface area (Å²) in [4.78, 5) is 14.0. The highest BCUT2D eigenvalue weighted by Gasteiger charge is 2.15. The molecule has 24 heavy (non-hydrogen) atoms. The highest BCUT2D eigenvalue weighted by Crippen LogP contribution is 2.23. The summed E-state index contributed by atoms with van der Waals surface area (Å²) in [6.45, 7) is 4.16. The van der Waals surface area contributed by atoms with E-state index < -0.39 is 0 Å². The van der Waals surface area contributed by atoms with Gasteiger partial charge < -0.3 is 5.32 Å². The highest BCUT2D eigenvalue weighted by atomic mass is 16.2. The van der Waals surface area contributed by atoms with Gasteiger partial charge >= 0.3 is 0 Å². The number of nitrogens with zero attached hydrogens (tertiary/aromatic N) is 3. The van der Waals surface area contributed by atoms with Crippen LogP contribution < -0.4 is 5.32 Å². The number of carbonyl (C=O) groups excluding carboxylic acids is 1. The topological polar surface area (TPSA) is 59.8 Å². The number of amides is 1. The number of aryl methyl sites for hydroxylation is 2. The Bertz CT molecular complexity index is 817. The zero-order valence-electron chi connectivity index (χ0n) is 13.9. The molecule has 0 atom stereocenters. The van der Waals surface area contributed by atoms with Crippen LogP contribution in [0.3, 0.4) is 0 Å². The first kappa shape index (κ1) is 15.9. The van der Waals surface area contributed by atoms with Gasteiger partial charge in [0.15, 0.2) is 5.69 Å². The first-order chi connectivity index (χ1) is 11.7. The van der Waals surface area contributed by atoms with Crippen LogP contribution in [0.1, 0.15) is 35.5 Å². The second-order valence-corrected chi connectivity index (χ2v) is 5.47. The quantitative estimate of drug-likeness (QED) is 0.780. The number of hydrogen-bond acceptors (Lipinski definition) is 3. The molecule has 0 bridgehead atoms. The van der Waals surface area contributed by atoms with Crippen LogP contribution in [0.4, 0.5) is 5.69 Å². The number of nitrogens with one attached hydrogen (secondary N) is 1. The van der Waals surface area contributed by atoms with E-state index in [0.29, 0.717) is 5.69 Å². The Morgan fingerprint density at radius 1 is 1.00 bits per heavy atom. The van der Waals surface area contributed by atoms with Crippen molar-refractivity contribution in [3.63, 3.8) is 0 Å². The van der Waals surface area contributed by atoms with E-state index in [4.69, 9.17) is 0 Å². The Morgan fingerprint density at radius 3 is 2.29 bits per heavy atom. The minimum atomic E-state index is -0.243. The first-order valence-corrected chi connectivity index (χ1v) is 8.12. The fraction of sp³-hybridized carbons (Fsp3) is 0.211. The van der Waals surface area contributed by atoms with E-state index in [1.54, 1.807) is 0 Å². The predicted molar refractivity (Wildman–Crippen MR) is 94.5 cm³/mol. The van der Waals surface area contributed by atoms with Gasteiger partial charge in [0.2, 0.25) is 0 Å². The molecule has 3 rings (SSSR count). The monoisotopic (exact) mass is 320 g/mol. The van der Waals surface area contributed by atoms with Gasteiger partial charge in [-0.3, -0.25) is 4.79 Å². The Balaban J connectivity index is 1.85. The van der Waals surface area contributed by atoms with Gasteiger partial charge in [0, 0.05) is 5.69 Å². The van der Waals surface area contributed by atoms with E-state index in [1.807, 2.05) is 48.5 Å². The molecular formula is C19H20N4O. The second kappa shape index (κ2) is 7.08. The number of carbonyl (C=O) groups is 1. The lowest BCUT2D eigenvalue weighted by Gasteiger charge is -2.13. The summed E-state index contributed by atoms with van der Waals surface area (Å²) in [6, 6.07) is 15.6. The molecule has 0 fully saturated rings. The zero-order chi connectivity index (χ0) is 16.9. The van der Waals surface area contributed by atoms with E-state index in [1.165, 1.54) is 11.0 Å². The molecule has 5 nitrogen and oxygen atoms in total. The van der Waals surface area contributed by atoms with E-state index >= 15 is 0 Å².